The molecule has 1 aromatic rings. The Balaban J connectivity index is 0.000000710. The van der Waals surface area contributed by atoms with E-state index in [0.29, 0.717) is 32.5 Å². The predicted molar refractivity (Wildman–Crippen MR) is 150 cm³/mol. The summed E-state index contributed by atoms with van der Waals surface area (Å²) in [4.78, 5) is 12.2. The fraction of sp³-hybridized carbons (Fsp3) is 0.710. The Morgan fingerprint density at radius 3 is 2.31 bits per heavy atom. The molecule has 1 aliphatic carbocycles. The van der Waals surface area contributed by atoms with E-state index in [1.54, 1.807) is 0 Å². The van der Waals surface area contributed by atoms with Gasteiger partial charge in [-0.15, -0.1) is 5.92 Å². The highest BCUT2D eigenvalue weighted by atomic mass is 16.6. The Labute approximate surface area is 220 Å². The molecule has 2 aliphatic rings. The van der Waals surface area contributed by atoms with Crippen molar-refractivity contribution in [2.24, 2.45) is 0 Å². The van der Waals surface area contributed by atoms with Gasteiger partial charge in [-0.1, -0.05) is 71.8 Å². The molecule has 204 valence electrons. The fourth-order valence-corrected chi connectivity index (χ4v) is 4.29. The molecule has 1 saturated carbocycles. The van der Waals surface area contributed by atoms with E-state index < -0.39 is 5.60 Å². The Hall–Kier alpha value is -2.19. The summed E-state index contributed by atoms with van der Waals surface area (Å²) in [5.41, 5.74) is 0.321. The summed E-state index contributed by atoms with van der Waals surface area (Å²) >= 11 is 0. The maximum Gasteiger partial charge on any atom is 0.220 e. The van der Waals surface area contributed by atoms with Gasteiger partial charge in [-0.3, -0.25) is 4.79 Å². The van der Waals surface area contributed by atoms with Crippen LogP contribution in [0.1, 0.15) is 117 Å². The second-order valence-electron chi connectivity index (χ2n) is 9.61. The van der Waals surface area contributed by atoms with Crippen molar-refractivity contribution in [2.75, 3.05) is 13.2 Å². The minimum Gasteiger partial charge on any atom is -0.486 e. The lowest BCUT2D eigenvalue weighted by atomic mass is 9.85. The Bertz CT molecular complexity index is 786. The summed E-state index contributed by atoms with van der Waals surface area (Å²) in [5, 5.41) is 13.4. The average Bonchev–Trinajstić information content (AvgIpc) is 2.89. The normalized spacial score (nSPS) is 16.1. The minimum atomic E-state index is -0.793. The predicted octanol–water partition coefficient (Wildman–Crippen LogP) is 6.99. The number of unbranched alkanes of at least 4 members (excludes halogenated alkanes) is 4. The zero-order valence-corrected chi connectivity index (χ0v) is 23.6. The monoisotopic (exact) mass is 501 g/mol. The van der Waals surface area contributed by atoms with Crippen molar-refractivity contribution >= 4 is 5.91 Å². The van der Waals surface area contributed by atoms with E-state index in [2.05, 4.69) is 31.0 Å². The SMILES string of the molecule is CC.CC(Cc1ccc2c(c1)OCCO2)NC(=O)CCCC#CC1(O)CCCCC1.CCCCCC. The standard InChI is InChI=1S/C23H31NO4.C6H14.C2H6/c1-18(16-19-9-10-20-21(17-19)28-15-14-27-20)24-22(25)8-4-2-5-11-23(26)12-6-3-7-13-23;1-3-5-6-4-2;1-2/h9-10,17-18,26H,2-4,6-8,12-16H2,1H3,(H,24,25);3-6H2,1-2H3;1-2H3. The molecule has 0 saturated heterocycles. The molecule has 0 radical (unpaired) electrons. The number of carbonyl (C=O) groups excluding carboxylic acids is 1. The number of amides is 1. The highest BCUT2D eigenvalue weighted by molar-refractivity contribution is 5.76. The smallest absolute Gasteiger partial charge is 0.220 e. The zero-order chi connectivity index (χ0) is 26.7. The topological polar surface area (TPSA) is 67.8 Å². The van der Waals surface area contributed by atoms with E-state index in [0.717, 1.165) is 49.2 Å². The quantitative estimate of drug-likeness (QED) is 0.283. The third kappa shape index (κ3) is 13.2. The number of nitrogens with one attached hydrogen (secondary N) is 1. The molecule has 2 N–H and O–H groups in total. The van der Waals surface area contributed by atoms with Gasteiger partial charge in [0.25, 0.3) is 0 Å². The number of carbonyl (C=O) groups is 1. The van der Waals surface area contributed by atoms with E-state index in [1.165, 1.54) is 32.1 Å². The van der Waals surface area contributed by atoms with E-state index in [9.17, 15) is 9.90 Å². The molecular weight excluding hydrogens is 450 g/mol. The molecule has 1 aliphatic heterocycles. The van der Waals surface area contributed by atoms with Crippen LogP contribution < -0.4 is 14.8 Å². The van der Waals surface area contributed by atoms with Crippen LogP contribution in [-0.2, 0) is 11.2 Å². The first kappa shape index (κ1) is 31.8. The summed E-state index contributed by atoms with van der Waals surface area (Å²) in [6, 6.07) is 5.98. The third-order valence-corrected chi connectivity index (χ3v) is 6.22. The van der Waals surface area contributed by atoms with Gasteiger partial charge in [0.1, 0.15) is 18.8 Å². The summed E-state index contributed by atoms with van der Waals surface area (Å²) in [5.74, 6) is 7.70. The first-order chi connectivity index (χ1) is 17.5. The Morgan fingerprint density at radius 2 is 1.67 bits per heavy atom. The maximum absolute atomic E-state index is 12.2. The van der Waals surface area contributed by atoms with E-state index >= 15 is 0 Å². The first-order valence-electron chi connectivity index (χ1n) is 14.4. The zero-order valence-electron chi connectivity index (χ0n) is 23.6. The van der Waals surface area contributed by atoms with E-state index in [1.807, 2.05) is 39.0 Å². The van der Waals surface area contributed by atoms with Crippen molar-refractivity contribution in [3.8, 4) is 23.3 Å². The van der Waals surface area contributed by atoms with Gasteiger partial charge in [0.05, 0.1) is 0 Å². The highest BCUT2D eigenvalue weighted by Gasteiger charge is 2.26. The van der Waals surface area contributed by atoms with E-state index in [4.69, 9.17) is 9.47 Å². The van der Waals surface area contributed by atoms with Crippen molar-refractivity contribution in [1.29, 1.82) is 0 Å². The van der Waals surface area contributed by atoms with Crippen LogP contribution in [0.4, 0.5) is 0 Å². The van der Waals surface area contributed by atoms with Gasteiger partial charge >= 0.3 is 0 Å². The molecular formula is C31H51NO4. The Morgan fingerprint density at radius 1 is 1.03 bits per heavy atom. The second-order valence-corrected chi connectivity index (χ2v) is 9.61. The van der Waals surface area contributed by atoms with Crippen molar-refractivity contribution in [3.05, 3.63) is 23.8 Å². The van der Waals surface area contributed by atoms with Crippen LogP contribution in [0.15, 0.2) is 18.2 Å². The molecule has 5 nitrogen and oxygen atoms in total. The average molecular weight is 502 g/mol. The summed E-state index contributed by atoms with van der Waals surface area (Å²) in [6.07, 6.45) is 12.9. The van der Waals surface area contributed by atoms with Gasteiger partial charge in [-0.05, 0) is 63.1 Å². The molecule has 0 bridgehead atoms. The number of ether oxygens (including phenoxy) is 2. The second kappa shape index (κ2) is 19.0. The molecule has 5 heteroatoms. The maximum atomic E-state index is 12.2. The van der Waals surface area contributed by atoms with Crippen LogP contribution >= 0.6 is 0 Å². The number of fused-ring (bicyclic) bond motifs is 1. The van der Waals surface area contributed by atoms with Gasteiger partial charge in [0, 0.05) is 18.9 Å². The number of hydrogen-bond donors (Lipinski definition) is 2. The molecule has 1 fully saturated rings. The van der Waals surface area contributed by atoms with Crippen LogP contribution in [0.3, 0.4) is 0 Å². The number of benzene rings is 1. The van der Waals surface area contributed by atoms with E-state index in [-0.39, 0.29) is 11.9 Å². The lowest BCUT2D eigenvalue weighted by Crippen LogP contribution is -2.33. The van der Waals surface area contributed by atoms with Gasteiger partial charge in [0.2, 0.25) is 5.91 Å². The van der Waals surface area contributed by atoms with Gasteiger partial charge in [-0.2, -0.15) is 0 Å². The van der Waals surface area contributed by atoms with Gasteiger partial charge < -0.3 is 19.9 Å². The summed E-state index contributed by atoms with van der Waals surface area (Å²) in [7, 11) is 0. The lowest BCUT2D eigenvalue weighted by molar-refractivity contribution is -0.121. The Kier molecular flexibility index (Phi) is 16.8. The lowest BCUT2D eigenvalue weighted by Gasteiger charge is -2.26. The van der Waals surface area contributed by atoms with Crippen molar-refractivity contribution in [1.82, 2.24) is 5.32 Å². The number of aliphatic hydroxyl groups is 1. The van der Waals surface area contributed by atoms with Crippen LogP contribution in [0.2, 0.25) is 0 Å². The van der Waals surface area contributed by atoms with Crippen molar-refractivity contribution in [3.63, 3.8) is 0 Å². The molecule has 1 atom stereocenters. The van der Waals surface area contributed by atoms with Gasteiger partial charge in [-0.25, -0.2) is 0 Å². The number of rotatable bonds is 9. The van der Waals surface area contributed by atoms with Crippen LogP contribution in [0.25, 0.3) is 0 Å². The highest BCUT2D eigenvalue weighted by Crippen LogP contribution is 2.31. The summed E-state index contributed by atoms with van der Waals surface area (Å²) in [6.45, 7) is 11.6. The minimum absolute atomic E-state index is 0.0446. The summed E-state index contributed by atoms with van der Waals surface area (Å²) < 4.78 is 11.1. The van der Waals surface area contributed by atoms with Gasteiger partial charge in [0.15, 0.2) is 11.5 Å². The van der Waals surface area contributed by atoms with Crippen LogP contribution in [0, 0.1) is 11.8 Å². The fourth-order valence-electron chi connectivity index (χ4n) is 4.29. The molecule has 3 rings (SSSR count). The largest absolute Gasteiger partial charge is 0.486 e. The van der Waals surface area contributed by atoms with Crippen LogP contribution in [0.5, 0.6) is 11.5 Å². The third-order valence-electron chi connectivity index (χ3n) is 6.22. The molecule has 1 unspecified atom stereocenters. The molecule has 1 aromatic carbocycles. The molecule has 36 heavy (non-hydrogen) atoms. The molecule has 0 aromatic heterocycles. The molecule has 1 amide bonds. The molecule has 0 spiro atoms. The van der Waals surface area contributed by atoms with Crippen molar-refractivity contribution in [2.45, 2.75) is 130 Å². The van der Waals surface area contributed by atoms with Crippen molar-refractivity contribution < 1.29 is 19.4 Å². The number of hydrogen-bond acceptors (Lipinski definition) is 4. The first-order valence-corrected chi connectivity index (χ1v) is 14.4. The van der Waals surface area contributed by atoms with Crippen LogP contribution in [-0.4, -0.2) is 35.9 Å². The molecule has 1 heterocycles.